The molecule has 1 unspecified atom stereocenters. The Morgan fingerprint density at radius 3 is 2.81 bits per heavy atom. The lowest BCUT2D eigenvalue weighted by Gasteiger charge is -2.30. The van der Waals surface area contributed by atoms with Gasteiger partial charge in [0.2, 0.25) is 0 Å². The van der Waals surface area contributed by atoms with Crippen molar-refractivity contribution >= 4 is 11.7 Å². The number of halogens is 1. The van der Waals surface area contributed by atoms with Gasteiger partial charge in [-0.25, -0.2) is 15.2 Å². The molecule has 0 bridgehead atoms. The summed E-state index contributed by atoms with van der Waals surface area (Å²) in [6, 6.07) is 1.47. The van der Waals surface area contributed by atoms with E-state index in [1.165, 1.54) is 31.5 Å². The van der Waals surface area contributed by atoms with Crippen LogP contribution in [0.4, 0.5) is 10.2 Å². The molecule has 1 saturated carbocycles. The Morgan fingerprint density at radius 1 is 1.48 bits per heavy atom. The summed E-state index contributed by atoms with van der Waals surface area (Å²) >= 11 is 0. The zero-order chi connectivity index (χ0) is 15.2. The van der Waals surface area contributed by atoms with Crippen LogP contribution in [0.25, 0.3) is 0 Å². The van der Waals surface area contributed by atoms with Gasteiger partial charge in [-0.15, -0.1) is 0 Å². The third-order valence-corrected chi connectivity index (χ3v) is 4.25. The number of hydrogen-bond donors (Lipinski definition) is 3. The van der Waals surface area contributed by atoms with E-state index in [9.17, 15) is 9.18 Å². The molecule has 1 aromatic rings. The number of pyridine rings is 1. The number of nitrogen functional groups attached to an aromatic ring is 1. The van der Waals surface area contributed by atoms with Crippen molar-refractivity contribution in [3.63, 3.8) is 0 Å². The minimum absolute atomic E-state index is 0.0211. The number of aromatic nitrogens is 1. The summed E-state index contributed by atoms with van der Waals surface area (Å²) in [7, 11) is 0. The molecule has 6 heteroatoms. The minimum atomic E-state index is -0.712. The zero-order valence-electron chi connectivity index (χ0n) is 12.4. The molecule has 21 heavy (non-hydrogen) atoms. The maximum atomic E-state index is 14.1. The number of hydrogen-bond acceptors (Lipinski definition) is 4. The van der Waals surface area contributed by atoms with E-state index in [-0.39, 0.29) is 17.4 Å². The average molecular weight is 294 g/mol. The van der Waals surface area contributed by atoms with Crippen molar-refractivity contribution in [3.05, 3.63) is 23.6 Å². The number of nitrogens with two attached hydrogens (primary N) is 1. The summed E-state index contributed by atoms with van der Waals surface area (Å²) in [6.45, 7) is 2.05. The molecular formula is C15H23FN4O. The first-order valence-electron chi connectivity index (χ1n) is 7.59. The molecule has 1 fully saturated rings. The topological polar surface area (TPSA) is 80.0 Å². The third kappa shape index (κ3) is 3.69. The lowest BCUT2D eigenvalue weighted by Crippen LogP contribution is -2.41. The first-order valence-corrected chi connectivity index (χ1v) is 7.59. The smallest absolute Gasteiger partial charge is 0.254 e. The van der Waals surface area contributed by atoms with Crippen molar-refractivity contribution in [2.75, 3.05) is 5.43 Å². The fraction of sp³-hybridized carbons (Fsp3) is 0.600. The SMILES string of the molecule is CCC(NC(=O)c1ccnc(NN)c1F)C1CCCCC1. The van der Waals surface area contributed by atoms with E-state index in [4.69, 9.17) is 5.84 Å². The van der Waals surface area contributed by atoms with Gasteiger partial charge in [0.25, 0.3) is 5.91 Å². The number of anilines is 1. The van der Waals surface area contributed by atoms with Crippen molar-refractivity contribution in [1.82, 2.24) is 10.3 Å². The normalized spacial score (nSPS) is 17.3. The molecule has 0 aromatic carbocycles. The lowest BCUT2D eigenvalue weighted by atomic mass is 9.83. The van der Waals surface area contributed by atoms with Crippen molar-refractivity contribution < 1.29 is 9.18 Å². The maximum Gasteiger partial charge on any atom is 0.254 e. The monoisotopic (exact) mass is 294 g/mol. The largest absolute Gasteiger partial charge is 0.349 e. The van der Waals surface area contributed by atoms with Crippen LogP contribution in [0.1, 0.15) is 55.8 Å². The summed E-state index contributed by atoms with van der Waals surface area (Å²) < 4.78 is 14.1. The summed E-state index contributed by atoms with van der Waals surface area (Å²) in [5.41, 5.74) is 2.13. The molecule has 1 aromatic heterocycles. The van der Waals surface area contributed by atoms with Gasteiger partial charge in [0.05, 0.1) is 5.56 Å². The second-order valence-corrected chi connectivity index (χ2v) is 5.55. The highest BCUT2D eigenvalue weighted by Gasteiger charge is 2.25. The van der Waals surface area contributed by atoms with Gasteiger partial charge in [-0.05, 0) is 31.2 Å². The van der Waals surface area contributed by atoms with Gasteiger partial charge in [0, 0.05) is 12.2 Å². The first kappa shape index (κ1) is 15.7. The van der Waals surface area contributed by atoms with Gasteiger partial charge in [-0.1, -0.05) is 26.2 Å². The molecule has 0 saturated heterocycles. The van der Waals surface area contributed by atoms with E-state index < -0.39 is 11.7 Å². The van der Waals surface area contributed by atoms with Crippen LogP contribution < -0.4 is 16.6 Å². The summed E-state index contributed by atoms with van der Waals surface area (Å²) in [5, 5.41) is 2.97. The molecule has 0 spiro atoms. The Bertz CT molecular complexity index is 489. The molecule has 4 N–H and O–H groups in total. The Kier molecular flexibility index (Phi) is 5.50. The van der Waals surface area contributed by atoms with Crippen LogP contribution in [-0.4, -0.2) is 16.9 Å². The van der Waals surface area contributed by atoms with Crippen LogP contribution in [0.2, 0.25) is 0 Å². The Balaban J connectivity index is 2.08. The van der Waals surface area contributed by atoms with Crippen LogP contribution in [-0.2, 0) is 0 Å². The van der Waals surface area contributed by atoms with Gasteiger partial charge in [0.1, 0.15) is 0 Å². The molecule has 1 atom stereocenters. The van der Waals surface area contributed by atoms with E-state index in [0.29, 0.717) is 5.92 Å². The zero-order valence-corrected chi connectivity index (χ0v) is 12.4. The van der Waals surface area contributed by atoms with E-state index in [1.54, 1.807) is 0 Å². The van der Waals surface area contributed by atoms with Crippen molar-refractivity contribution in [2.45, 2.75) is 51.5 Å². The summed E-state index contributed by atoms with van der Waals surface area (Å²) in [5.74, 6) is 4.44. The Morgan fingerprint density at radius 2 is 2.19 bits per heavy atom. The third-order valence-electron chi connectivity index (χ3n) is 4.25. The lowest BCUT2D eigenvalue weighted by molar-refractivity contribution is 0.0907. The predicted octanol–water partition coefficient (Wildman–Crippen LogP) is 2.60. The quantitative estimate of drug-likeness (QED) is 0.576. The van der Waals surface area contributed by atoms with Crippen molar-refractivity contribution in [3.8, 4) is 0 Å². The summed E-state index contributed by atoms with van der Waals surface area (Å²) in [6.07, 6.45) is 8.18. The van der Waals surface area contributed by atoms with Crippen LogP contribution in [0.5, 0.6) is 0 Å². The molecule has 2 rings (SSSR count). The second-order valence-electron chi connectivity index (χ2n) is 5.55. The van der Waals surface area contributed by atoms with Gasteiger partial charge in [-0.2, -0.15) is 0 Å². The molecule has 1 aliphatic carbocycles. The standard InChI is InChI=1S/C15H23FN4O/c1-2-12(10-6-4-3-5-7-10)19-15(21)11-8-9-18-14(20-17)13(11)16/h8-10,12H,2-7,17H2,1H3,(H,18,20)(H,19,21). The highest BCUT2D eigenvalue weighted by molar-refractivity contribution is 5.95. The van der Waals surface area contributed by atoms with E-state index >= 15 is 0 Å². The molecule has 5 nitrogen and oxygen atoms in total. The van der Waals surface area contributed by atoms with E-state index in [2.05, 4.69) is 22.7 Å². The van der Waals surface area contributed by atoms with Crippen molar-refractivity contribution in [2.24, 2.45) is 11.8 Å². The molecule has 0 aliphatic heterocycles. The highest BCUT2D eigenvalue weighted by Crippen LogP contribution is 2.28. The van der Waals surface area contributed by atoms with Gasteiger partial charge < -0.3 is 10.7 Å². The van der Waals surface area contributed by atoms with Crippen LogP contribution in [0.3, 0.4) is 0 Å². The maximum absolute atomic E-state index is 14.1. The van der Waals surface area contributed by atoms with Gasteiger partial charge in [-0.3, -0.25) is 4.79 Å². The number of nitrogens with zero attached hydrogens (tertiary/aromatic N) is 1. The van der Waals surface area contributed by atoms with E-state index in [1.807, 2.05) is 0 Å². The summed E-state index contributed by atoms with van der Waals surface area (Å²) in [4.78, 5) is 16.0. The minimum Gasteiger partial charge on any atom is -0.349 e. The van der Waals surface area contributed by atoms with Gasteiger partial charge >= 0.3 is 0 Å². The first-order chi connectivity index (χ1) is 10.2. The molecule has 1 aliphatic rings. The average Bonchev–Trinajstić information content (AvgIpc) is 2.53. The predicted molar refractivity (Wildman–Crippen MR) is 80.1 cm³/mol. The number of carbonyl (C=O) groups excluding carboxylic acids is 1. The van der Waals surface area contributed by atoms with E-state index in [0.717, 1.165) is 19.3 Å². The molecule has 1 heterocycles. The number of nitrogens with one attached hydrogen (secondary N) is 2. The fourth-order valence-electron chi connectivity index (χ4n) is 3.06. The number of rotatable bonds is 5. The number of amides is 1. The molecular weight excluding hydrogens is 271 g/mol. The molecule has 116 valence electrons. The Hall–Kier alpha value is -1.69. The second kappa shape index (κ2) is 7.36. The fourth-order valence-corrected chi connectivity index (χ4v) is 3.06. The van der Waals surface area contributed by atoms with Crippen LogP contribution in [0, 0.1) is 11.7 Å². The molecule has 1 amide bonds. The Labute approximate surface area is 124 Å². The van der Waals surface area contributed by atoms with Crippen LogP contribution in [0.15, 0.2) is 12.3 Å². The molecule has 0 radical (unpaired) electrons. The number of carbonyl (C=O) groups is 1. The van der Waals surface area contributed by atoms with Gasteiger partial charge in [0.15, 0.2) is 11.6 Å². The number of hydrazine groups is 1. The van der Waals surface area contributed by atoms with Crippen LogP contribution >= 0.6 is 0 Å². The van der Waals surface area contributed by atoms with Crippen molar-refractivity contribution in [1.29, 1.82) is 0 Å². The highest BCUT2D eigenvalue weighted by atomic mass is 19.1.